The molecule has 3 rings (SSSR count). The zero-order valence-corrected chi connectivity index (χ0v) is 14.1. The van der Waals surface area contributed by atoms with Gasteiger partial charge >= 0.3 is 0 Å². The maximum atomic E-state index is 12.2. The van der Waals surface area contributed by atoms with Crippen molar-refractivity contribution in [2.75, 3.05) is 26.7 Å². The minimum atomic E-state index is -0.0804. The van der Waals surface area contributed by atoms with E-state index in [1.807, 2.05) is 20.0 Å². The van der Waals surface area contributed by atoms with Gasteiger partial charge in [-0.2, -0.15) is 5.10 Å². The Morgan fingerprint density at radius 1 is 1.45 bits per heavy atom. The van der Waals surface area contributed by atoms with Gasteiger partial charge in [-0.05, 0) is 37.4 Å². The summed E-state index contributed by atoms with van der Waals surface area (Å²) in [5.74, 6) is 0.886. The van der Waals surface area contributed by atoms with E-state index in [4.69, 9.17) is 0 Å². The van der Waals surface area contributed by atoms with Crippen LogP contribution in [0.15, 0.2) is 23.6 Å². The molecule has 6 heteroatoms. The highest BCUT2D eigenvalue weighted by atomic mass is 32.1. The van der Waals surface area contributed by atoms with Crippen LogP contribution in [0.2, 0.25) is 0 Å². The number of hydrogen-bond donors (Lipinski definition) is 1. The average Bonchev–Trinajstić information content (AvgIpc) is 3.18. The highest BCUT2D eigenvalue weighted by molar-refractivity contribution is 7.10. The van der Waals surface area contributed by atoms with Crippen molar-refractivity contribution in [3.63, 3.8) is 0 Å². The summed E-state index contributed by atoms with van der Waals surface area (Å²) >= 11 is 1.81. The smallest absolute Gasteiger partial charge is 0.271 e. The fourth-order valence-corrected chi connectivity index (χ4v) is 4.02. The number of aromatic nitrogens is 2. The van der Waals surface area contributed by atoms with E-state index in [1.165, 1.54) is 4.88 Å². The van der Waals surface area contributed by atoms with Gasteiger partial charge < -0.3 is 10.2 Å². The van der Waals surface area contributed by atoms with Crippen molar-refractivity contribution in [3.8, 4) is 0 Å². The van der Waals surface area contributed by atoms with Gasteiger partial charge in [-0.3, -0.25) is 9.48 Å². The molecule has 2 aromatic rings. The van der Waals surface area contributed by atoms with E-state index in [-0.39, 0.29) is 5.91 Å². The fourth-order valence-electron chi connectivity index (χ4n) is 3.10. The molecule has 0 saturated carbocycles. The summed E-state index contributed by atoms with van der Waals surface area (Å²) in [7, 11) is 4.00. The van der Waals surface area contributed by atoms with E-state index in [0.29, 0.717) is 24.1 Å². The van der Waals surface area contributed by atoms with Crippen molar-refractivity contribution in [1.82, 2.24) is 20.0 Å². The number of nitrogens with one attached hydrogen (secondary N) is 1. The lowest BCUT2D eigenvalue weighted by atomic mass is 9.94. The largest absolute Gasteiger partial charge is 0.350 e. The van der Waals surface area contributed by atoms with Crippen LogP contribution >= 0.6 is 11.3 Å². The summed E-state index contributed by atoms with van der Waals surface area (Å²) < 4.78 is 1.73. The molecule has 1 aliphatic rings. The molecule has 2 aromatic heterocycles. The Bertz CT molecular complexity index is 630. The monoisotopic (exact) mass is 318 g/mol. The van der Waals surface area contributed by atoms with Gasteiger partial charge in [0.05, 0.1) is 0 Å². The molecular weight excluding hydrogens is 296 g/mol. The molecular formula is C16H22N4OS. The first-order valence-electron chi connectivity index (χ1n) is 7.55. The molecule has 22 heavy (non-hydrogen) atoms. The van der Waals surface area contributed by atoms with E-state index in [9.17, 15) is 4.79 Å². The lowest BCUT2D eigenvalue weighted by Crippen LogP contribution is -2.32. The van der Waals surface area contributed by atoms with Gasteiger partial charge in [-0.1, -0.05) is 6.07 Å². The molecule has 3 heterocycles. The lowest BCUT2D eigenvalue weighted by Gasteiger charge is -2.17. The molecule has 118 valence electrons. The molecule has 2 atom stereocenters. The number of likely N-dealkylation sites (tertiary alicyclic amines) is 1. The Kier molecular flexibility index (Phi) is 4.31. The molecule has 1 saturated heterocycles. The fraction of sp³-hybridized carbons (Fsp3) is 0.500. The second-order valence-electron chi connectivity index (χ2n) is 6.11. The number of amides is 1. The maximum Gasteiger partial charge on any atom is 0.271 e. The highest BCUT2D eigenvalue weighted by Gasteiger charge is 2.32. The van der Waals surface area contributed by atoms with E-state index >= 15 is 0 Å². The summed E-state index contributed by atoms with van der Waals surface area (Å²) in [5, 5.41) is 9.42. The third-order valence-electron chi connectivity index (χ3n) is 4.40. The van der Waals surface area contributed by atoms with Crippen LogP contribution in [0.25, 0.3) is 0 Å². The number of hydrogen-bond acceptors (Lipinski definition) is 4. The van der Waals surface area contributed by atoms with Crippen LogP contribution in [-0.2, 0) is 7.05 Å². The molecule has 0 radical (unpaired) electrons. The third-order valence-corrected chi connectivity index (χ3v) is 5.41. The molecule has 0 bridgehead atoms. The second kappa shape index (κ2) is 6.22. The number of rotatable bonds is 4. The van der Waals surface area contributed by atoms with E-state index in [2.05, 4.69) is 39.9 Å². The minimum absolute atomic E-state index is 0.0804. The second-order valence-corrected chi connectivity index (χ2v) is 7.09. The number of likely N-dealkylation sites (N-methyl/N-ethyl adjacent to an activating group) is 1. The van der Waals surface area contributed by atoms with Crippen LogP contribution in [-0.4, -0.2) is 47.3 Å². The quantitative estimate of drug-likeness (QED) is 0.936. The number of aryl methyl sites for hydroxylation is 2. The van der Waals surface area contributed by atoms with Crippen molar-refractivity contribution in [2.24, 2.45) is 13.0 Å². The number of thiophene rings is 1. The van der Waals surface area contributed by atoms with E-state index in [0.717, 1.165) is 18.8 Å². The zero-order valence-electron chi connectivity index (χ0n) is 13.2. The van der Waals surface area contributed by atoms with Gasteiger partial charge in [-0.25, -0.2) is 0 Å². The van der Waals surface area contributed by atoms with Gasteiger partial charge in [0, 0.05) is 43.2 Å². The summed E-state index contributed by atoms with van der Waals surface area (Å²) in [6, 6.07) is 6.13. The van der Waals surface area contributed by atoms with E-state index in [1.54, 1.807) is 16.0 Å². The van der Waals surface area contributed by atoms with Crippen molar-refractivity contribution >= 4 is 17.2 Å². The van der Waals surface area contributed by atoms with Gasteiger partial charge in [0.1, 0.15) is 5.69 Å². The van der Waals surface area contributed by atoms with Crippen LogP contribution in [0.3, 0.4) is 0 Å². The molecule has 0 spiro atoms. The van der Waals surface area contributed by atoms with Crippen molar-refractivity contribution in [3.05, 3.63) is 39.8 Å². The molecule has 1 fully saturated rings. The molecule has 0 aromatic carbocycles. The third kappa shape index (κ3) is 3.08. The summed E-state index contributed by atoms with van der Waals surface area (Å²) in [6.07, 6.45) is 0. The van der Waals surface area contributed by atoms with Gasteiger partial charge in [0.2, 0.25) is 0 Å². The molecule has 5 nitrogen and oxygen atoms in total. The van der Waals surface area contributed by atoms with Gasteiger partial charge in [-0.15, -0.1) is 11.3 Å². The minimum Gasteiger partial charge on any atom is -0.350 e. The molecule has 1 amide bonds. The summed E-state index contributed by atoms with van der Waals surface area (Å²) in [5.41, 5.74) is 1.49. The number of nitrogens with zero attached hydrogens (tertiary/aromatic N) is 3. The Morgan fingerprint density at radius 3 is 2.91 bits per heavy atom. The Hall–Kier alpha value is -1.66. The SMILES string of the molecule is Cc1cc(C(=O)NC[C@@H]2CN(C)C[C@@H]2c2cccs2)nn1C. The maximum absolute atomic E-state index is 12.2. The van der Waals surface area contributed by atoms with Crippen molar-refractivity contribution in [2.45, 2.75) is 12.8 Å². The summed E-state index contributed by atoms with van der Waals surface area (Å²) in [6.45, 7) is 4.72. The standard InChI is InChI=1S/C16H22N4OS/c1-11-7-14(18-20(11)3)16(21)17-8-12-9-19(2)10-13(12)15-5-4-6-22-15/h4-7,12-13H,8-10H2,1-3H3,(H,17,21)/t12-,13+/m1/s1. The Balaban J connectivity index is 1.63. The van der Waals surface area contributed by atoms with Crippen molar-refractivity contribution < 1.29 is 4.79 Å². The predicted molar refractivity (Wildman–Crippen MR) is 88.3 cm³/mol. The lowest BCUT2D eigenvalue weighted by molar-refractivity contribution is 0.0941. The topological polar surface area (TPSA) is 50.2 Å². The van der Waals surface area contributed by atoms with Crippen LogP contribution in [0.1, 0.15) is 27.0 Å². The first kappa shape index (κ1) is 15.2. The van der Waals surface area contributed by atoms with Crippen LogP contribution in [0, 0.1) is 12.8 Å². The Labute approximate surface area is 134 Å². The van der Waals surface area contributed by atoms with Crippen LogP contribution in [0.5, 0.6) is 0 Å². The summed E-state index contributed by atoms with van der Waals surface area (Å²) in [4.78, 5) is 16.0. The predicted octanol–water partition coefficient (Wildman–Crippen LogP) is 1.87. The molecule has 1 aliphatic heterocycles. The zero-order chi connectivity index (χ0) is 15.7. The number of carbonyl (C=O) groups is 1. The van der Waals surface area contributed by atoms with Crippen LogP contribution < -0.4 is 5.32 Å². The van der Waals surface area contributed by atoms with E-state index < -0.39 is 0 Å². The average molecular weight is 318 g/mol. The molecule has 0 unspecified atom stereocenters. The highest BCUT2D eigenvalue weighted by Crippen LogP contribution is 2.34. The molecule has 0 aliphatic carbocycles. The number of carbonyl (C=O) groups excluding carboxylic acids is 1. The molecule has 1 N–H and O–H groups in total. The first-order chi connectivity index (χ1) is 10.5. The normalized spacial score (nSPS) is 22.1. The van der Waals surface area contributed by atoms with Gasteiger partial charge in [0.25, 0.3) is 5.91 Å². The van der Waals surface area contributed by atoms with Crippen molar-refractivity contribution in [1.29, 1.82) is 0 Å². The Morgan fingerprint density at radius 2 is 2.27 bits per heavy atom. The van der Waals surface area contributed by atoms with Crippen LogP contribution in [0.4, 0.5) is 0 Å². The van der Waals surface area contributed by atoms with Gasteiger partial charge in [0.15, 0.2) is 0 Å². The first-order valence-corrected chi connectivity index (χ1v) is 8.43.